The van der Waals surface area contributed by atoms with Crippen LogP contribution in [0.2, 0.25) is 0 Å². The van der Waals surface area contributed by atoms with Gasteiger partial charge in [0.25, 0.3) is 15.9 Å². The van der Waals surface area contributed by atoms with Crippen LogP contribution in [0.1, 0.15) is 35.2 Å². The summed E-state index contributed by atoms with van der Waals surface area (Å²) in [4.78, 5) is 27.3. The van der Waals surface area contributed by atoms with Crippen LogP contribution in [-0.4, -0.2) is 44.3 Å². The van der Waals surface area contributed by atoms with Crippen molar-refractivity contribution in [2.75, 3.05) is 17.8 Å². The summed E-state index contributed by atoms with van der Waals surface area (Å²) >= 11 is 6.73. The van der Waals surface area contributed by atoms with Gasteiger partial charge in [-0.1, -0.05) is 44.0 Å². The van der Waals surface area contributed by atoms with Crippen molar-refractivity contribution in [3.8, 4) is 0 Å². The molecule has 0 aliphatic carbocycles. The fourth-order valence-corrected chi connectivity index (χ4v) is 5.82. The third kappa shape index (κ3) is 6.35. The second-order valence-electron chi connectivity index (χ2n) is 8.70. The number of halogens is 2. The smallest absolute Gasteiger partial charge is 0.261 e. The Hall–Kier alpha value is -2.69. The Kier molecular flexibility index (Phi) is 8.17. The highest BCUT2D eigenvalue weighted by Crippen LogP contribution is 2.32. The maximum absolute atomic E-state index is 12.8. The quantitative estimate of drug-likeness (QED) is 0.376. The van der Waals surface area contributed by atoms with Crippen LogP contribution in [0.15, 0.2) is 86.6 Å². The Morgan fingerprint density at radius 3 is 2.11 bits per heavy atom. The molecule has 1 aliphatic rings. The zero-order chi connectivity index (χ0) is 25.9. The number of carbonyl (C=O) groups excluding carboxylic acids is 2. The van der Waals surface area contributed by atoms with Crippen molar-refractivity contribution in [1.29, 1.82) is 0 Å². The zero-order valence-electron chi connectivity index (χ0n) is 19.4. The van der Waals surface area contributed by atoms with Crippen LogP contribution < -0.4 is 10.0 Å². The van der Waals surface area contributed by atoms with E-state index in [0.717, 1.165) is 15.4 Å². The fraction of sp³-hybridized carbons (Fsp3) is 0.231. The van der Waals surface area contributed by atoms with Crippen molar-refractivity contribution >= 4 is 59.4 Å². The van der Waals surface area contributed by atoms with Gasteiger partial charge in [0.1, 0.15) is 0 Å². The summed E-state index contributed by atoms with van der Waals surface area (Å²) < 4.78 is 29.4. The number of amides is 2. The van der Waals surface area contributed by atoms with Gasteiger partial charge in [-0.2, -0.15) is 0 Å². The lowest BCUT2D eigenvalue weighted by Crippen LogP contribution is -2.41. The minimum atomic E-state index is -3.75. The number of sulfonamides is 1. The monoisotopic (exact) mass is 633 g/mol. The first kappa shape index (κ1) is 26.4. The molecule has 0 spiro atoms. The van der Waals surface area contributed by atoms with Crippen LogP contribution in [0.4, 0.5) is 5.69 Å². The maximum atomic E-state index is 12.8. The number of likely N-dealkylation sites (tertiary alicyclic amines) is 1. The molecule has 0 aromatic heterocycles. The van der Waals surface area contributed by atoms with Crippen LogP contribution >= 0.6 is 31.9 Å². The summed E-state index contributed by atoms with van der Waals surface area (Å²) in [5, 5.41) is 2.68. The van der Waals surface area contributed by atoms with Crippen molar-refractivity contribution in [2.24, 2.45) is 0 Å². The van der Waals surface area contributed by atoms with Crippen LogP contribution in [0.3, 0.4) is 0 Å². The number of nitrogens with zero attached hydrogens (tertiary/aromatic N) is 1. The molecule has 1 saturated heterocycles. The molecule has 0 radical (unpaired) electrons. The van der Waals surface area contributed by atoms with E-state index in [4.69, 9.17) is 0 Å². The Morgan fingerprint density at radius 1 is 0.917 bits per heavy atom. The van der Waals surface area contributed by atoms with E-state index in [1.165, 1.54) is 42.0 Å². The van der Waals surface area contributed by atoms with Gasteiger partial charge in [-0.3, -0.25) is 14.3 Å². The molecule has 3 aromatic rings. The first-order chi connectivity index (χ1) is 17.1. The standard InChI is InChI=1S/C26H25Br2N3O4S/c1-17-14-20(18-2-6-21(27)7-3-18)16-31(17)25(32)15-29-26(33)19-4-10-23(11-5-19)30-36(34,35)24-12-8-22(28)9-13-24/h2-13,17,20,30H,14-16H2,1H3,(H,29,33). The second-order valence-corrected chi connectivity index (χ2v) is 12.2. The average molecular weight is 635 g/mol. The van der Waals surface area contributed by atoms with E-state index in [9.17, 15) is 18.0 Å². The summed E-state index contributed by atoms with van der Waals surface area (Å²) in [5.74, 6) is -0.266. The Bertz CT molecular complexity index is 1350. The molecule has 2 N–H and O–H groups in total. The Balaban J connectivity index is 1.31. The van der Waals surface area contributed by atoms with E-state index in [-0.39, 0.29) is 29.3 Å². The molecule has 3 aromatic carbocycles. The predicted octanol–water partition coefficient (Wildman–Crippen LogP) is 5.15. The van der Waals surface area contributed by atoms with Gasteiger partial charge in [-0.05, 0) is 79.6 Å². The molecule has 1 heterocycles. The summed E-state index contributed by atoms with van der Waals surface area (Å²) in [6.45, 7) is 2.53. The van der Waals surface area contributed by atoms with Crippen molar-refractivity contribution < 1.29 is 18.0 Å². The van der Waals surface area contributed by atoms with E-state index < -0.39 is 15.9 Å². The van der Waals surface area contributed by atoms with Gasteiger partial charge >= 0.3 is 0 Å². The van der Waals surface area contributed by atoms with Gasteiger partial charge in [-0.15, -0.1) is 0 Å². The van der Waals surface area contributed by atoms with E-state index in [2.05, 4.69) is 54.0 Å². The third-order valence-corrected chi connectivity index (χ3v) is 8.61. The Labute approximate surface area is 227 Å². The zero-order valence-corrected chi connectivity index (χ0v) is 23.4. The van der Waals surface area contributed by atoms with Gasteiger partial charge in [0.05, 0.1) is 11.4 Å². The summed E-state index contributed by atoms with van der Waals surface area (Å²) in [6.07, 6.45) is 0.874. The highest BCUT2D eigenvalue weighted by molar-refractivity contribution is 9.10. The first-order valence-electron chi connectivity index (χ1n) is 11.3. The van der Waals surface area contributed by atoms with Crippen molar-refractivity contribution in [1.82, 2.24) is 10.2 Å². The molecule has 2 unspecified atom stereocenters. The molecule has 4 rings (SSSR count). The van der Waals surface area contributed by atoms with Crippen LogP contribution in [0.5, 0.6) is 0 Å². The topological polar surface area (TPSA) is 95.6 Å². The maximum Gasteiger partial charge on any atom is 0.261 e. The minimum Gasteiger partial charge on any atom is -0.343 e. The summed E-state index contributed by atoms with van der Waals surface area (Å²) in [5.41, 5.74) is 1.85. The summed E-state index contributed by atoms with van der Waals surface area (Å²) in [6, 6.07) is 20.6. The van der Waals surface area contributed by atoms with Gasteiger partial charge in [-0.25, -0.2) is 8.42 Å². The Morgan fingerprint density at radius 2 is 1.50 bits per heavy atom. The summed E-state index contributed by atoms with van der Waals surface area (Å²) in [7, 11) is -3.75. The third-order valence-electron chi connectivity index (χ3n) is 6.16. The molecule has 2 atom stereocenters. The fourth-order valence-electron chi connectivity index (χ4n) is 4.23. The van der Waals surface area contributed by atoms with E-state index in [1.54, 1.807) is 12.1 Å². The molecule has 10 heteroatoms. The number of anilines is 1. The van der Waals surface area contributed by atoms with E-state index in [0.29, 0.717) is 17.8 Å². The molecule has 2 amide bonds. The van der Waals surface area contributed by atoms with Crippen molar-refractivity contribution in [2.45, 2.75) is 30.2 Å². The molecule has 7 nitrogen and oxygen atoms in total. The highest BCUT2D eigenvalue weighted by atomic mass is 79.9. The van der Waals surface area contributed by atoms with Gasteiger partial charge in [0.2, 0.25) is 5.91 Å². The number of hydrogen-bond donors (Lipinski definition) is 2. The van der Waals surface area contributed by atoms with Gasteiger partial charge < -0.3 is 10.2 Å². The van der Waals surface area contributed by atoms with Crippen LogP contribution in [0, 0.1) is 0 Å². The highest BCUT2D eigenvalue weighted by Gasteiger charge is 2.33. The van der Waals surface area contributed by atoms with Crippen LogP contribution in [-0.2, 0) is 14.8 Å². The lowest BCUT2D eigenvalue weighted by atomic mass is 9.97. The molecular formula is C26H25Br2N3O4S. The largest absolute Gasteiger partial charge is 0.343 e. The first-order valence-corrected chi connectivity index (χ1v) is 14.4. The number of nitrogens with one attached hydrogen (secondary N) is 2. The van der Waals surface area contributed by atoms with Gasteiger partial charge in [0, 0.05) is 38.7 Å². The lowest BCUT2D eigenvalue weighted by molar-refractivity contribution is -0.130. The lowest BCUT2D eigenvalue weighted by Gasteiger charge is -2.21. The molecular weight excluding hydrogens is 610 g/mol. The SMILES string of the molecule is CC1CC(c2ccc(Br)cc2)CN1C(=O)CNC(=O)c1ccc(NS(=O)(=O)c2ccc(Br)cc2)cc1. The number of carbonyl (C=O) groups is 2. The molecule has 1 aliphatic heterocycles. The molecule has 36 heavy (non-hydrogen) atoms. The number of benzene rings is 3. The number of hydrogen-bond acceptors (Lipinski definition) is 4. The number of rotatable bonds is 7. The predicted molar refractivity (Wildman–Crippen MR) is 146 cm³/mol. The van der Waals surface area contributed by atoms with Crippen molar-refractivity contribution in [3.63, 3.8) is 0 Å². The second kappa shape index (κ2) is 11.1. The molecule has 0 saturated carbocycles. The molecule has 0 bridgehead atoms. The van der Waals surface area contributed by atoms with Gasteiger partial charge in [0.15, 0.2) is 0 Å². The minimum absolute atomic E-state index is 0.0843. The van der Waals surface area contributed by atoms with Crippen LogP contribution in [0.25, 0.3) is 0 Å². The average Bonchev–Trinajstić information content (AvgIpc) is 3.25. The van der Waals surface area contributed by atoms with Crippen molar-refractivity contribution in [3.05, 3.63) is 92.9 Å². The van der Waals surface area contributed by atoms with E-state index in [1.807, 2.05) is 24.0 Å². The van der Waals surface area contributed by atoms with E-state index >= 15 is 0 Å². The molecule has 188 valence electrons. The molecule has 1 fully saturated rings. The normalized spacial score (nSPS) is 17.6.